The van der Waals surface area contributed by atoms with Gasteiger partial charge in [-0.25, -0.2) is 4.68 Å². The van der Waals surface area contributed by atoms with Crippen LogP contribution in [0.2, 0.25) is 0 Å². The van der Waals surface area contributed by atoms with Gasteiger partial charge < -0.3 is 10.1 Å². The van der Waals surface area contributed by atoms with Crippen LogP contribution in [-0.2, 0) is 11.4 Å². The second-order valence-electron chi connectivity index (χ2n) is 9.01. The zero-order valence-electron chi connectivity index (χ0n) is 20.1. The normalized spacial score (nSPS) is 17.3. The van der Waals surface area contributed by atoms with E-state index >= 15 is 0 Å². The summed E-state index contributed by atoms with van der Waals surface area (Å²) in [5, 5.41) is 8.84. The monoisotopic (exact) mass is 474 g/mol. The van der Waals surface area contributed by atoms with E-state index in [9.17, 15) is 4.79 Å². The van der Waals surface area contributed by atoms with Crippen molar-refractivity contribution in [2.45, 2.75) is 64.8 Å². The molecule has 1 N–H and O–H groups in total. The molecular formula is C27H30N4O2S. The summed E-state index contributed by atoms with van der Waals surface area (Å²) in [5.74, 6) is 2.60. The summed E-state index contributed by atoms with van der Waals surface area (Å²) in [6.07, 6.45) is 2.30. The molecule has 0 radical (unpaired) electrons. The van der Waals surface area contributed by atoms with Gasteiger partial charge in [0.05, 0.1) is 0 Å². The van der Waals surface area contributed by atoms with Crippen LogP contribution in [0, 0.1) is 20.8 Å². The minimum absolute atomic E-state index is 0.190. The predicted octanol–water partition coefficient (Wildman–Crippen LogP) is 5.92. The maximum atomic E-state index is 13.0. The quantitative estimate of drug-likeness (QED) is 0.448. The van der Waals surface area contributed by atoms with E-state index in [1.54, 1.807) is 11.8 Å². The van der Waals surface area contributed by atoms with Gasteiger partial charge in [0.15, 0.2) is 5.78 Å². The number of thioether (sulfide) groups is 1. The molecule has 7 heteroatoms. The van der Waals surface area contributed by atoms with Crippen molar-refractivity contribution in [3.63, 3.8) is 0 Å². The molecule has 176 valence electrons. The molecule has 5 rings (SSSR count). The third-order valence-corrected chi connectivity index (χ3v) is 7.38. The number of benzene rings is 2. The largest absolute Gasteiger partial charge is 0.489 e. The van der Waals surface area contributed by atoms with Gasteiger partial charge in [0.2, 0.25) is 11.1 Å². The third-order valence-electron chi connectivity index (χ3n) is 6.66. The second-order valence-corrected chi connectivity index (χ2v) is 10.2. The van der Waals surface area contributed by atoms with Crippen molar-refractivity contribution in [3.8, 4) is 5.75 Å². The Morgan fingerprint density at radius 1 is 1.09 bits per heavy atom. The SMILES string of the molecule is CCSc1nc2n(n1)C(c1ccc(OCc3cc(C)c(C)cc3C)cc1)C1=C(CCCC1=O)N2. The second kappa shape index (κ2) is 9.29. The first-order valence-electron chi connectivity index (χ1n) is 11.9. The summed E-state index contributed by atoms with van der Waals surface area (Å²) >= 11 is 1.60. The number of carbonyl (C=O) groups excluding carboxylic acids is 1. The highest BCUT2D eigenvalue weighted by atomic mass is 32.2. The Morgan fingerprint density at radius 3 is 2.62 bits per heavy atom. The number of aryl methyl sites for hydroxylation is 3. The fourth-order valence-electron chi connectivity index (χ4n) is 4.72. The summed E-state index contributed by atoms with van der Waals surface area (Å²) in [6, 6.07) is 12.2. The van der Waals surface area contributed by atoms with E-state index in [-0.39, 0.29) is 11.8 Å². The summed E-state index contributed by atoms with van der Waals surface area (Å²) < 4.78 is 7.98. The topological polar surface area (TPSA) is 69.0 Å². The number of hydrogen-bond donors (Lipinski definition) is 1. The van der Waals surface area contributed by atoms with E-state index < -0.39 is 0 Å². The Hall–Kier alpha value is -3.06. The van der Waals surface area contributed by atoms with Crippen molar-refractivity contribution in [3.05, 3.63) is 75.5 Å². The summed E-state index contributed by atoms with van der Waals surface area (Å²) in [5.41, 5.74) is 7.82. The molecule has 34 heavy (non-hydrogen) atoms. The highest BCUT2D eigenvalue weighted by molar-refractivity contribution is 7.99. The fourth-order valence-corrected chi connectivity index (χ4v) is 5.27. The lowest BCUT2D eigenvalue weighted by molar-refractivity contribution is -0.116. The number of nitrogens with one attached hydrogen (secondary N) is 1. The molecule has 6 nitrogen and oxygen atoms in total. The Balaban J connectivity index is 1.43. The smallest absolute Gasteiger partial charge is 0.227 e. The van der Waals surface area contributed by atoms with Gasteiger partial charge in [-0.05, 0) is 79.3 Å². The lowest BCUT2D eigenvalue weighted by Gasteiger charge is -2.32. The molecule has 2 aromatic carbocycles. The number of ketones is 1. The van der Waals surface area contributed by atoms with Crippen LogP contribution in [0.5, 0.6) is 5.75 Å². The summed E-state index contributed by atoms with van der Waals surface area (Å²) in [7, 11) is 0. The number of aromatic nitrogens is 3. The average Bonchev–Trinajstić information content (AvgIpc) is 3.22. The molecule has 0 fully saturated rings. The Bertz CT molecular complexity index is 1280. The maximum Gasteiger partial charge on any atom is 0.227 e. The molecular weight excluding hydrogens is 444 g/mol. The van der Waals surface area contributed by atoms with Crippen LogP contribution in [0.3, 0.4) is 0 Å². The number of ether oxygens (including phenoxy) is 1. The number of allylic oxidation sites excluding steroid dienone is 2. The van der Waals surface area contributed by atoms with Gasteiger partial charge in [0, 0.05) is 17.7 Å². The minimum Gasteiger partial charge on any atom is -0.489 e. The number of rotatable bonds is 6. The molecule has 1 aliphatic heterocycles. The molecule has 0 bridgehead atoms. The van der Waals surface area contributed by atoms with Crippen LogP contribution in [0.25, 0.3) is 0 Å². The van der Waals surface area contributed by atoms with Crippen molar-refractivity contribution in [2.24, 2.45) is 0 Å². The molecule has 1 atom stereocenters. The number of hydrogen-bond acceptors (Lipinski definition) is 6. The van der Waals surface area contributed by atoms with Gasteiger partial charge in [0.1, 0.15) is 18.4 Å². The molecule has 1 aliphatic carbocycles. The molecule has 0 spiro atoms. The van der Waals surface area contributed by atoms with Gasteiger partial charge in [-0.15, -0.1) is 5.10 Å². The first-order chi connectivity index (χ1) is 16.4. The van der Waals surface area contributed by atoms with Crippen LogP contribution < -0.4 is 10.1 Å². The Labute approximate surface area is 204 Å². The standard InChI is InChI=1S/C27H30N4O2S/c1-5-34-27-29-26-28-22-7-6-8-23(32)24(22)25(31(26)30-27)19-9-11-21(12-10-19)33-15-20-14-17(3)16(2)13-18(20)4/h9-14,25H,5-8,15H2,1-4H3,(H,28,29,30). The van der Waals surface area contributed by atoms with Gasteiger partial charge >= 0.3 is 0 Å². The van der Waals surface area contributed by atoms with Crippen molar-refractivity contribution in [1.29, 1.82) is 0 Å². The van der Waals surface area contributed by atoms with Crippen molar-refractivity contribution in [1.82, 2.24) is 14.8 Å². The lowest BCUT2D eigenvalue weighted by Crippen LogP contribution is -2.31. The molecule has 0 saturated heterocycles. The Kier molecular flexibility index (Phi) is 6.21. The molecule has 1 aromatic heterocycles. The molecule has 0 amide bonds. The number of fused-ring (bicyclic) bond motifs is 1. The van der Waals surface area contributed by atoms with Crippen molar-refractivity contribution in [2.75, 3.05) is 11.1 Å². The van der Waals surface area contributed by atoms with E-state index in [2.05, 4.69) is 50.1 Å². The van der Waals surface area contributed by atoms with E-state index in [4.69, 9.17) is 9.84 Å². The summed E-state index contributed by atoms with van der Waals surface area (Å²) in [4.78, 5) is 17.6. The zero-order valence-corrected chi connectivity index (χ0v) is 21.0. The van der Waals surface area contributed by atoms with Crippen LogP contribution in [0.15, 0.2) is 52.8 Å². The van der Waals surface area contributed by atoms with E-state index in [0.29, 0.717) is 19.0 Å². The van der Waals surface area contributed by atoms with Crippen molar-refractivity contribution < 1.29 is 9.53 Å². The molecule has 3 aromatic rings. The first-order valence-corrected chi connectivity index (χ1v) is 12.8. The van der Waals surface area contributed by atoms with Crippen molar-refractivity contribution >= 4 is 23.5 Å². The molecule has 1 unspecified atom stereocenters. The van der Waals surface area contributed by atoms with Crippen LogP contribution >= 0.6 is 11.8 Å². The van der Waals surface area contributed by atoms with Crippen LogP contribution in [-0.4, -0.2) is 26.3 Å². The fraction of sp³-hybridized carbons (Fsp3) is 0.370. The first kappa shape index (κ1) is 22.7. The third kappa shape index (κ3) is 4.25. The molecule has 2 heterocycles. The molecule has 2 aliphatic rings. The van der Waals surface area contributed by atoms with Crippen LogP contribution in [0.1, 0.15) is 60.0 Å². The highest BCUT2D eigenvalue weighted by Crippen LogP contribution is 2.40. The van der Waals surface area contributed by atoms with Gasteiger partial charge in [-0.3, -0.25) is 4.79 Å². The average molecular weight is 475 g/mol. The van der Waals surface area contributed by atoms with Gasteiger partial charge in [-0.2, -0.15) is 4.98 Å². The summed E-state index contributed by atoms with van der Waals surface area (Å²) in [6.45, 7) is 9.00. The lowest BCUT2D eigenvalue weighted by atomic mass is 9.85. The number of nitrogens with zero attached hydrogens (tertiary/aromatic N) is 3. The molecule has 0 saturated carbocycles. The van der Waals surface area contributed by atoms with E-state index in [1.165, 1.54) is 22.3 Å². The maximum absolute atomic E-state index is 13.0. The van der Waals surface area contributed by atoms with E-state index in [0.717, 1.165) is 46.3 Å². The van der Waals surface area contributed by atoms with Gasteiger partial charge in [-0.1, -0.05) is 43.0 Å². The van der Waals surface area contributed by atoms with Crippen LogP contribution in [0.4, 0.5) is 5.95 Å². The van der Waals surface area contributed by atoms with E-state index in [1.807, 2.05) is 28.9 Å². The predicted molar refractivity (Wildman–Crippen MR) is 135 cm³/mol. The zero-order chi connectivity index (χ0) is 23.8. The highest BCUT2D eigenvalue weighted by Gasteiger charge is 2.36. The number of carbonyl (C=O) groups is 1. The minimum atomic E-state index is -0.270. The number of Topliss-reactive ketones (excluding diaryl/α,β-unsaturated/α-hetero) is 1. The van der Waals surface area contributed by atoms with Gasteiger partial charge in [0.25, 0.3) is 0 Å². The Morgan fingerprint density at radius 2 is 1.85 bits per heavy atom. The number of anilines is 1.